The van der Waals surface area contributed by atoms with Gasteiger partial charge in [0.05, 0.1) is 12.0 Å². The highest BCUT2D eigenvalue weighted by molar-refractivity contribution is 5.80. The average molecular weight is 276 g/mol. The Morgan fingerprint density at radius 3 is 2.95 bits per heavy atom. The summed E-state index contributed by atoms with van der Waals surface area (Å²) in [6, 6.07) is 6.72. The van der Waals surface area contributed by atoms with Crippen LogP contribution in [0.25, 0.3) is 0 Å². The Morgan fingerprint density at radius 2 is 2.25 bits per heavy atom. The van der Waals surface area contributed by atoms with Crippen LogP contribution < -0.4 is 5.32 Å². The first-order valence-electron chi connectivity index (χ1n) is 7.43. The summed E-state index contributed by atoms with van der Waals surface area (Å²) in [5, 5.41) is 3.24. The van der Waals surface area contributed by atoms with Gasteiger partial charge in [-0.25, -0.2) is 4.39 Å². The number of likely N-dealkylation sites (tertiary alicyclic amines) is 1. The molecule has 0 bridgehead atoms. The second-order valence-electron chi connectivity index (χ2n) is 5.99. The van der Waals surface area contributed by atoms with E-state index in [0.29, 0.717) is 5.92 Å². The van der Waals surface area contributed by atoms with E-state index in [2.05, 4.69) is 12.2 Å². The van der Waals surface area contributed by atoms with Crippen LogP contribution in [-0.4, -0.2) is 30.4 Å². The Hall–Kier alpha value is -1.42. The van der Waals surface area contributed by atoms with Crippen molar-refractivity contribution in [1.82, 2.24) is 10.2 Å². The van der Waals surface area contributed by atoms with E-state index in [1.165, 1.54) is 6.07 Å². The predicted molar refractivity (Wildman–Crippen MR) is 75.6 cm³/mol. The Morgan fingerprint density at radius 1 is 1.40 bits per heavy atom. The lowest BCUT2D eigenvalue weighted by molar-refractivity contribution is -0.136. The van der Waals surface area contributed by atoms with E-state index in [4.69, 9.17) is 0 Å². The quantitative estimate of drug-likeness (QED) is 0.899. The average Bonchev–Trinajstić information content (AvgIpc) is 3.07. The molecule has 0 spiro atoms. The van der Waals surface area contributed by atoms with Gasteiger partial charge in [-0.05, 0) is 43.0 Å². The minimum atomic E-state index is -0.225. The molecule has 20 heavy (non-hydrogen) atoms. The van der Waals surface area contributed by atoms with E-state index >= 15 is 0 Å². The Labute approximate surface area is 119 Å². The van der Waals surface area contributed by atoms with Gasteiger partial charge in [0.25, 0.3) is 0 Å². The largest absolute Gasteiger partial charge is 0.335 e. The fourth-order valence-electron chi connectivity index (χ4n) is 3.49. The number of carbonyl (C=O) groups excluding carboxylic acids is 1. The predicted octanol–water partition coefficient (Wildman–Crippen LogP) is 2.34. The molecule has 4 heteroatoms. The molecule has 108 valence electrons. The van der Waals surface area contributed by atoms with Crippen molar-refractivity contribution in [3.63, 3.8) is 0 Å². The third-order valence-electron chi connectivity index (χ3n) is 4.58. The van der Waals surface area contributed by atoms with E-state index in [0.717, 1.165) is 38.0 Å². The highest BCUT2D eigenvalue weighted by Crippen LogP contribution is 2.38. The lowest BCUT2D eigenvalue weighted by Gasteiger charge is -2.29. The van der Waals surface area contributed by atoms with Gasteiger partial charge in [-0.15, -0.1) is 0 Å². The molecule has 3 unspecified atom stereocenters. The van der Waals surface area contributed by atoms with Gasteiger partial charge >= 0.3 is 0 Å². The molecule has 0 aromatic heterocycles. The number of hydrogen-bond acceptors (Lipinski definition) is 2. The van der Waals surface area contributed by atoms with Crippen molar-refractivity contribution in [2.24, 2.45) is 11.8 Å². The van der Waals surface area contributed by atoms with E-state index < -0.39 is 0 Å². The summed E-state index contributed by atoms with van der Waals surface area (Å²) >= 11 is 0. The van der Waals surface area contributed by atoms with Crippen LogP contribution in [0.2, 0.25) is 0 Å². The minimum absolute atomic E-state index is 0.0267. The van der Waals surface area contributed by atoms with Crippen molar-refractivity contribution >= 4 is 5.91 Å². The summed E-state index contributed by atoms with van der Waals surface area (Å²) in [4.78, 5) is 14.6. The third kappa shape index (κ3) is 2.44. The van der Waals surface area contributed by atoms with Crippen molar-refractivity contribution < 1.29 is 9.18 Å². The van der Waals surface area contributed by atoms with Gasteiger partial charge < -0.3 is 10.2 Å². The van der Waals surface area contributed by atoms with Crippen LogP contribution in [0.4, 0.5) is 4.39 Å². The maximum Gasteiger partial charge on any atom is 0.227 e. The first-order valence-corrected chi connectivity index (χ1v) is 7.43. The number of nitrogens with one attached hydrogen (secondary N) is 1. The lowest BCUT2D eigenvalue weighted by Crippen LogP contribution is -2.37. The lowest BCUT2D eigenvalue weighted by atomic mass is 9.94. The highest BCUT2D eigenvalue weighted by atomic mass is 19.1. The van der Waals surface area contributed by atoms with E-state index in [-0.39, 0.29) is 23.7 Å². The summed E-state index contributed by atoms with van der Waals surface area (Å²) in [6.45, 7) is 4.64. The number of hydrogen-bond donors (Lipinski definition) is 1. The first kappa shape index (κ1) is 13.6. The molecule has 2 saturated heterocycles. The summed E-state index contributed by atoms with van der Waals surface area (Å²) in [5.74, 6) is 0.483. The second kappa shape index (κ2) is 5.52. The van der Waals surface area contributed by atoms with Crippen LogP contribution in [0.3, 0.4) is 0 Å². The Bertz CT molecular complexity index is 499. The summed E-state index contributed by atoms with van der Waals surface area (Å²) in [5.41, 5.74) is 0.925. The van der Waals surface area contributed by atoms with Gasteiger partial charge in [0, 0.05) is 13.1 Å². The van der Waals surface area contributed by atoms with Crippen LogP contribution in [0.15, 0.2) is 24.3 Å². The molecule has 1 N–H and O–H groups in total. The standard InChI is InChI=1S/C16H21FN2O/c1-11-6-8-19(16(20)13-5-7-18-10-13)15(11)12-3-2-4-14(17)9-12/h2-4,9,11,13,15,18H,5-8,10H2,1H3. The molecule has 3 nitrogen and oxygen atoms in total. The fraction of sp³-hybridized carbons (Fsp3) is 0.562. The SMILES string of the molecule is CC1CCN(C(=O)C2CCNC2)C1c1cccc(F)c1. The molecule has 3 rings (SSSR count). The fourth-order valence-corrected chi connectivity index (χ4v) is 3.49. The van der Waals surface area contributed by atoms with Crippen molar-refractivity contribution in [2.75, 3.05) is 19.6 Å². The van der Waals surface area contributed by atoms with Gasteiger partial charge in [0.1, 0.15) is 5.82 Å². The maximum atomic E-state index is 13.5. The van der Waals surface area contributed by atoms with E-state index in [1.54, 1.807) is 12.1 Å². The molecule has 3 atom stereocenters. The molecule has 1 amide bonds. The zero-order chi connectivity index (χ0) is 14.1. The van der Waals surface area contributed by atoms with Gasteiger partial charge in [-0.3, -0.25) is 4.79 Å². The molecular formula is C16H21FN2O. The zero-order valence-electron chi connectivity index (χ0n) is 11.8. The summed E-state index contributed by atoms with van der Waals surface area (Å²) < 4.78 is 13.5. The number of halogens is 1. The third-order valence-corrected chi connectivity index (χ3v) is 4.58. The van der Waals surface area contributed by atoms with Crippen LogP contribution in [0.1, 0.15) is 31.4 Å². The van der Waals surface area contributed by atoms with Gasteiger partial charge in [-0.1, -0.05) is 19.1 Å². The molecule has 0 saturated carbocycles. The van der Waals surface area contributed by atoms with Crippen molar-refractivity contribution in [3.05, 3.63) is 35.6 Å². The molecule has 2 fully saturated rings. The zero-order valence-corrected chi connectivity index (χ0v) is 11.8. The van der Waals surface area contributed by atoms with Gasteiger partial charge in [0.2, 0.25) is 5.91 Å². The van der Waals surface area contributed by atoms with Crippen LogP contribution >= 0.6 is 0 Å². The smallest absolute Gasteiger partial charge is 0.227 e. The summed E-state index contributed by atoms with van der Waals surface area (Å²) in [6.07, 6.45) is 1.91. The Kier molecular flexibility index (Phi) is 3.74. The van der Waals surface area contributed by atoms with Crippen molar-refractivity contribution in [1.29, 1.82) is 0 Å². The minimum Gasteiger partial charge on any atom is -0.335 e. The number of benzene rings is 1. The van der Waals surface area contributed by atoms with Crippen molar-refractivity contribution in [3.8, 4) is 0 Å². The van der Waals surface area contributed by atoms with Crippen LogP contribution in [0, 0.1) is 17.7 Å². The molecule has 0 aliphatic carbocycles. The normalized spacial score (nSPS) is 29.9. The van der Waals surface area contributed by atoms with Crippen molar-refractivity contribution in [2.45, 2.75) is 25.8 Å². The molecule has 2 aliphatic rings. The highest BCUT2D eigenvalue weighted by Gasteiger charge is 2.38. The number of amides is 1. The topological polar surface area (TPSA) is 32.3 Å². The number of rotatable bonds is 2. The van der Waals surface area contributed by atoms with E-state index in [1.807, 2.05) is 11.0 Å². The molecule has 0 radical (unpaired) electrons. The van der Waals surface area contributed by atoms with Crippen LogP contribution in [0.5, 0.6) is 0 Å². The number of nitrogens with zero attached hydrogens (tertiary/aromatic N) is 1. The van der Waals surface area contributed by atoms with Crippen LogP contribution in [-0.2, 0) is 4.79 Å². The monoisotopic (exact) mass is 276 g/mol. The number of carbonyl (C=O) groups is 1. The van der Waals surface area contributed by atoms with Gasteiger partial charge in [-0.2, -0.15) is 0 Å². The molecule has 1 aromatic carbocycles. The molecule has 1 aromatic rings. The van der Waals surface area contributed by atoms with E-state index in [9.17, 15) is 9.18 Å². The molecule has 2 aliphatic heterocycles. The Balaban J connectivity index is 1.84. The first-order chi connectivity index (χ1) is 9.66. The van der Waals surface area contributed by atoms with Gasteiger partial charge in [0.15, 0.2) is 0 Å². The molecular weight excluding hydrogens is 255 g/mol. The second-order valence-corrected chi connectivity index (χ2v) is 5.99. The maximum absolute atomic E-state index is 13.5. The molecule has 2 heterocycles. The summed E-state index contributed by atoms with van der Waals surface area (Å²) in [7, 11) is 0.